The minimum Gasteiger partial charge on any atom is -0.376 e. The van der Waals surface area contributed by atoms with Crippen LogP contribution >= 0.6 is 0 Å². The summed E-state index contributed by atoms with van der Waals surface area (Å²) in [7, 11) is 0. The molecule has 0 saturated carbocycles. The standard InChI is InChI=1S/C27H34N4O3/c32-26(28-13-16-30-14-4-1-5-15-30)20-8-6-9-21(18-20)29-25-23-11-2-3-12-24(23)27(33)31(25)19-22-10-7-17-34-22/h2-3,6,8-9,11-12,18,22,25,29H,1,4-5,7,10,13-17,19H2,(H,28,32). The second-order valence-electron chi connectivity index (χ2n) is 9.47. The van der Waals surface area contributed by atoms with Crippen molar-refractivity contribution in [1.29, 1.82) is 0 Å². The van der Waals surface area contributed by atoms with Gasteiger partial charge in [-0.15, -0.1) is 0 Å². The average Bonchev–Trinajstić information content (AvgIpc) is 3.48. The van der Waals surface area contributed by atoms with Crippen LogP contribution in [0.15, 0.2) is 48.5 Å². The first kappa shape index (κ1) is 22.9. The molecule has 2 atom stereocenters. The van der Waals surface area contributed by atoms with Crippen LogP contribution in [0.3, 0.4) is 0 Å². The third-order valence-electron chi connectivity index (χ3n) is 7.07. The van der Waals surface area contributed by atoms with Crippen LogP contribution in [0.25, 0.3) is 0 Å². The summed E-state index contributed by atoms with van der Waals surface area (Å²) in [6.45, 7) is 5.10. The lowest BCUT2D eigenvalue weighted by Crippen LogP contribution is -2.38. The molecular formula is C27H34N4O3. The van der Waals surface area contributed by atoms with Crippen LogP contribution in [0, 0.1) is 0 Å². The first-order valence-corrected chi connectivity index (χ1v) is 12.6. The lowest BCUT2D eigenvalue weighted by molar-refractivity contribution is 0.0488. The molecule has 5 rings (SSSR count). The Labute approximate surface area is 201 Å². The molecule has 7 nitrogen and oxygen atoms in total. The van der Waals surface area contributed by atoms with Gasteiger partial charge < -0.3 is 25.2 Å². The predicted octanol–water partition coefficient (Wildman–Crippen LogP) is 3.65. The molecule has 2 amide bonds. The fourth-order valence-corrected chi connectivity index (χ4v) is 5.24. The number of hydrogen-bond acceptors (Lipinski definition) is 5. The van der Waals surface area contributed by atoms with E-state index in [4.69, 9.17) is 4.74 Å². The molecule has 2 aromatic rings. The Hall–Kier alpha value is -2.90. The van der Waals surface area contributed by atoms with Gasteiger partial charge in [0.05, 0.1) is 6.10 Å². The third-order valence-corrected chi connectivity index (χ3v) is 7.07. The minimum atomic E-state index is -0.287. The van der Waals surface area contributed by atoms with Gasteiger partial charge in [0.25, 0.3) is 11.8 Å². The number of benzene rings is 2. The van der Waals surface area contributed by atoms with Gasteiger partial charge in [-0.05, 0) is 63.0 Å². The largest absolute Gasteiger partial charge is 0.376 e. The normalized spacial score (nSPS) is 22.6. The first-order valence-electron chi connectivity index (χ1n) is 12.6. The van der Waals surface area contributed by atoms with Crippen molar-refractivity contribution >= 4 is 17.5 Å². The van der Waals surface area contributed by atoms with Gasteiger partial charge in [-0.3, -0.25) is 9.59 Å². The van der Waals surface area contributed by atoms with Crippen molar-refractivity contribution in [2.24, 2.45) is 0 Å². The molecule has 2 unspecified atom stereocenters. The first-order chi connectivity index (χ1) is 16.7. The van der Waals surface area contributed by atoms with E-state index in [1.54, 1.807) is 0 Å². The van der Waals surface area contributed by atoms with Gasteiger partial charge in [0.2, 0.25) is 0 Å². The van der Waals surface area contributed by atoms with Gasteiger partial charge in [-0.1, -0.05) is 30.7 Å². The summed E-state index contributed by atoms with van der Waals surface area (Å²) in [6, 6.07) is 15.3. The minimum absolute atomic E-state index is 0.0233. The fraction of sp³-hybridized carbons (Fsp3) is 0.481. The highest BCUT2D eigenvalue weighted by Gasteiger charge is 2.38. The highest BCUT2D eigenvalue weighted by Crippen LogP contribution is 2.35. The molecule has 0 bridgehead atoms. The molecule has 3 aliphatic rings. The lowest BCUT2D eigenvalue weighted by atomic mass is 10.1. The molecule has 0 spiro atoms. The molecule has 34 heavy (non-hydrogen) atoms. The van der Waals surface area contributed by atoms with E-state index >= 15 is 0 Å². The number of hydrogen-bond donors (Lipinski definition) is 2. The maximum atomic E-state index is 13.2. The second kappa shape index (κ2) is 10.6. The summed E-state index contributed by atoms with van der Waals surface area (Å²) < 4.78 is 5.81. The van der Waals surface area contributed by atoms with Crippen molar-refractivity contribution in [3.8, 4) is 0 Å². The molecule has 0 aliphatic carbocycles. The van der Waals surface area contributed by atoms with Gasteiger partial charge in [-0.2, -0.15) is 0 Å². The Kier molecular flexibility index (Phi) is 7.11. The quantitative estimate of drug-likeness (QED) is 0.627. The summed E-state index contributed by atoms with van der Waals surface area (Å²) in [4.78, 5) is 30.2. The molecule has 3 aliphatic heterocycles. The van der Waals surface area contributed by atoms with Crippen LogP contribution in [0.2, 0.25) is 0 Å². The van der Waals surface area contributed by atoms with Crippen molar-refractivity contribution in [2.45, 2.75) is 44.4 Å². The van der Waals surface area contributed by atoms with Crippen LogP contribution in [0.4, 0.5) is 5.69 Å². The zero-order valence-electron chi connectivity index (χ0n) is 19.7. The number of ether oxygens (including phenoxy) is 1. The molecule has 2 fully saturated rings. The zero-order chi connectivity index (χ0) is 23.3. The third kappa shape index (κ3) is 5.10. The van der Waals surface area contributed by atoms with Crippen LogP contribution in [-0.4, -0.2) is 67.0 Å². The molecule has 2 saturated heterocycles. The van der Waals surface area contributed by atoms with Crippen LogP contribution in [0.5, 0.6) is 0 Å². The Morgan fingerprint density at radius 1 is 1.03 bits per heavy atom. The molecule has 2 aromatic carbocycles. The van der Waals surface area contributed by atoms with Gasteiger partial charge in [0.15, 0.2) is 0 Å². The summed E-state index contributed by atoms with van der Waals surface area (Å²) in [5, 5.41) is 6.57. The fourth-order valence-electron chi connectivity index (χ4n) is 5.24. The number of nitrogens with zero attached hydrogens (tertiary/aromatic N) is 2. The number of rotatable bonds is 8. The van der Waals surface area contributed by atoms with Crippen molar-refractivity contribution in [2.75, 3.05) is 44.6 Å². The van der Waals surface area contributed by atoms with Crippen molar-refractivity contribution in [1.82, 2.24) is 15.1 Å². The van der Waals surface area contributed by atoms with Crippen LogP contribution in [-0.2, 0) is 4.74 Å². The van der Waals surface area contributed by atoms with Gasteiger partial charge in [-0.25, -0.2) is 0 Å². The van der Waals surface area contributed by atoms with E-state index in [1.165, 1.54) is 19.3 Å². The molecule has 3 heterocycles. The van der Waals surface area contributed by atoms with E-state index in [2.05, 4.69) is 15.5 Å². The number of likely N-dealkylation sites (tertiary alicyclic amines) is 1. The highest BCUT2D eigenvalue weighted by atomic mass is 16.5. The van der Waals surface area contributed by atoms with Crippen LogP contribution in [0.1, 0.15) is 64.5 Å². The maximum Gasteiger partial charge on any atom is 0.256 e. The van der Waals surface area contributed by atoms with E-state index in [0.717, 1.165) is 55.9 Å². The van der Waals surface area contributed by atoms with Crippen molar-refractivity contribution in [3.63, 3.8) is 0 Å². The van der Waals surface area contributed by atoms with Gasteiger partial charge >= 0.3 is 0 Å². The van der Waals surface area contributed by atoms with E-state index in [0.29, 0.717) is 18.7 Å². The van der Waals surface area contributed by atoms with Crippen molar-refractivity contribution in [3.05, 3.63) is 65.2 Å². The van der Waals surface area contributed by atoms with Crippen molar-refractivity contribution < 1.29 is 14.3 Å². The number of carbonyl (C=O) groups is 2. The Morgan fingerprint density at radius 2 is 1.88 bits per heavy atom. The molecule has 7 heteroatoms. The van der Waals surface area contributed by atoms with Crippen LogP contribution < -0.4 is 10.6 Å². The van der Waals surface area contributed by atoms with Gasteiger partial charge in [0.1, 0.15) is 6.17 Å². The molecule has 0 radical (unpaired) electrons. The number of anilines is 1. The lowest BCUT2D eigenvalue weighted by Gasteiger charge is -2.29. The second-order valence-corrected chi connectivity index (χ2v) is 9.47. The van der Waals surface area contributed by atoms with E-state index < -0.39 is 0 Å². The maximum absolute atomic E-state index is 13.2. The summed E-state index contributed by atoms with van der Waals surface area (Å²) in [5.74, 6) is -0.0463. The smallest absolute Gasteiger partial charge is 0.256 e. The number of nitrogens with one attached hydrogen (secondary N) is 2. The Bertz CT molecular complexity index is 1010. The zero-order valence-corrected chi connectivity index (χ0v) is 19.7. The molecule has 180 valence electrons. The Morgan fingerprint density at radius 3 is 2.71 bits per heavy atom. The van der Waals surface area contributed by atoms with E-state index in [1.807, 2.05) is 53.4 Å². The summed E-state index contributed by atoms with van der Waals surface area (Å²) in [5.41, 5.74) is 3.12. The molecule has 0 aromatic heterocycles. The summed E-state index contributed by atoms with van der Waals surface area (Å²) >= 11 is 0. The number of fused-ring (bicyclic) bond motifs is 1. The number of amides is 2. The van der Waals surface area contributed by atoms with Gasteiger partial charge in [0, 0.05) is 48.6 Å². The number of piperidine rings is 1. The predicted molar refractivity (Wildman–Crippen MR) is 132 cm³/mol. The topological polar surface area (TPSA) is 73.9 Å². The monoisotopic (exact) mass is 462 g/mol. The number of carbonyl (C=O) groups excluding carboxylic acids is 2. The van der Waals surface area contributed by atoms with E-state index in [-0.39, 0.29) is 24.1 Å². The molecular weight excluding hydrogens is 428 g/mol. The Balaban J connectivity index is 1.26. The average molecular weight is 463 g/mol. The SMILES string of the molecule is O=C(NCCN1CCCCC1)c1cccc(NC2c3ccccc3C(=O)N2CC2CCCO2)c1. The summed E-state index contributed by atoms with van der Waals surface area (Å²) in [6.07, 6.45) is 5.60. The van der Waals surface area contributed by atoms with E-state index in [9.17, 15) is 9.59 Å². The highest BCUT2D eigenvalue weighted by molar-refractivity contribution is 5.99. The molecule has 2 N–H and O–H groups in total.